The van der Waals surface area contributed by atoms with Crippen LogP contribution in [0.4, 0.5) is 5.69 Å². The van der Waals surface area contributed by atoms with Crippen LogP contribution in [0, 0.1) is 5.92 Å². The van der Waals surface area contributed by atoms with Gasteiger partial charge in [-0.3, -0.25) is 9.59 Å². The third-order valence-electron chi connectivity index (χ3n) is 5.21. The average molecular weight is 345 g/mol. The highest BCUT2D eigenvalue weighted by atomic mass is 16.4. The molecule has 0 aromatic heterocycles. The first kappa shape index (κ1) is 19.5. The first-order valence-corrected chi connectivity index (χ1v) is 9.73. The largest absolute Gasteiger partial charge is 0.481 e. The summed E-state index contributed by atoms with van der Waals surface area (Å²) in [5, 5.41) is 9.03. The molecule has 2 rings (SSSR count). The molecule has 0 bridgehead atoms. The summed E-state index contributed by atoms with van der Waals surface area (Å²) in [5.74, 6) is -0.749. The van der Waals surface area contributed by atoms with E-state index in [0.717, 1.165) is 37.9 Å². The SMILES string of the molecule is CCC(CCCCCC(=O)c1ccc(N2CCCCC2)cc1)C(=O)O. The molecule has 1 aromatic carbocycles. The second-order valence-electron chi connectivity index (χ2n) is 7.06. The van der Waals surface area contributed by atoms with Crippen LogP contribution in [0.2, 0.25) is 0 Å². The van der Waals surface area contributed by atoms with E-state index in [9.17, 15) is 9.59 Å². The van der Waals surface area contributed by atoms with Gasteiger partial charge in [-0.25, -0.2) is 0 Å². The first-order chi connectivity index (χ1) is 12.1. The Kier molecular flexibility index (Phi) is 7.96. The molecule has 1 atom stereocenters. The maximum atomic E-state index is 12.3. The number of ketones is 1. The van der Waals surface area contributed by atoms with Crippen molar-refractivity contribution in [2.24, 2.45) is 5.92 Å². The lowest BCUT2D eigenvalue weighted by molar-refractivity contribution is -0.142. The number of benzene rings is 1. The van der Waals surface area contributed by atoms with Gasteiger partial charge in [-0.15, -0.1) is 0 Å². The van der Waals surface area contributed by atoms with E-state index in [-0.39, 0.29) is 11.7 Å². The topological polar surface area (TPSA) is 57.6 Å². The Bertz CT molecular complexity index is 547. The lowest BCUT2D eigenvalue weighted by Gasteiger charge is -2.28. The van der Waals surface area contributed by atoms with Crippen molar-refractivity contribution in [3.63, 3.8) is 0 Å². The van der Waals surface area contributed by atoms with E-state index in [2.05, 4.69) is 17.0 Å². The number of carboxylic acid groups (broad SMARTS) is 1. The van der Waals surface area contributed by atoms with Gasteiger partial charge in [-0.05, 0) is 62.8 Å². The minimum Gasteiger partial charge on any atom is -0.481 e. The third-order valence-corrected chi connectivity index (χ3v) is 5.21. The zero-order chi connectivity index (χ0) is 18.1. The van der Waals surface area contributed by atoms with Crippen molar-refractivity contribution in [2.45, 2.75) is 64.7 Å². The first-order valence-electron chi connectivity index (χ1n) is 9.73. The highest BCUT2D eigenvalue weighted by Crippen LogP contribution is 2.21. The van der Waals surface area contributed by atoms with Crippen molar-refractivity contribution in [3.05, 3.63) is 29.8 Å². The summed E-state index contributed by atoms with van der Waals surface area (Å²) in [4.78, 5) is 25.7. The molecule has 138 valence electrons. The Morgan fingerprint density at radius 1 is 1.04 bits per heavy atom. The number of aliphatic carboxylic acids is 1. The number of carbonyl (C=O) groups is 2. The van der Waals surface area contributed by atoms with E-state index in [1.807, 2.05) is 19.1 Å². The second kappa shape index (κ2) is 10.2. The molecule has 0 aliphatic carbocycles. The monoisotopic (exact) mass is 345 g/mol. The highest BCUT2D eigenvalue weighted by Gasteiger charge is 2.14. The molecule has 1 aliphatic heterocycles. The number of anilines is 1. The minimum atomic E-state index is -0.702. The third kappa shape index (κ3) is 6.18. The summed E-state index contributed by atoms with van der Waals surface area (Å²) in [6.45, 7) is 4.14. The Labute approximate surface area is 151 Å². The number of Topliss-reactive ketones (excluding diaryl/α,β-unsaturated/α-hetero) is 1. The van der Waals surface area contributed by atoms with Gasteiger partial charge in [0.15, 0.2) is 5.78 Å². The van der Waals surface area contributed by atoms with Crippen LogP contribution in [-0.4, -0.2) is 29.9 Å². The molecule has 0 radical (unpaired) electrons. The fourth-order valence-electron chi connectivity index (χ4n) is 3.51. The fourth-order valence-corrected chi connectivity index (χ4v) is 3.51. The summed E-state index contributed by atoms with van der Waals surface area (Å²) in [6.07, 6.45) is 8.40. The van der Waals surface area contributed by atoms with Gasteiger partial charge in [0.1, 0.15) is 0 Å². The number of piperidine rings is 1. The van der Waals surface area contributed by atoms with E-state index >= 15 is 0 Å². The van der Waals surface area contributed by atoms with Crippen molar-refractivity contribution < 1.29 is 14.7 Å². The molecule has 1 aliphatic rings. The fraction of sp³-hybridized carbons (Fsp3) is 0.619. The van der Waals surface area contributed by atoms with Crippen LogP contribution in [-0.2, 0) is 4.79 Å². The standard InChI is InChI=1S/C21H31NO3/c1-2-17(21(24)25)9-5-3-6-10-20(23)18-11-13-19(14-12-18)22-15-7-4-8-16-22/h11-14,17H,2-10,15-16H2,1H3,(H,24,25). The molecule has 4 nitrogen and oxygen atoms in total. The van der Waals surface area contributed by atoms with Crippen molar-refractivity contribution >= 4 is 17.4 Å². The van der Waals surface area contributed by atoms with Crippen molar-refractivity contribution in [1.29, 1.82) is 0 Å². The van der Waals surface area contributed by atoms with Gasteiger partial charge in [0.25, 0.3) is 0 Å². The number of hydrogen-bond acceptors (Lipinski definition) is 3. The number of carboxylic acids is 1. The molecule has 1 unspecified atom stereocenters. The molecular weight excluding hydrogens is 314 g/mol. The van der Waals surface area contributed by atoms with Gasteiger partial charge in [-0.2, -0.15) is 0 Å². The van der Waals surface area contributed by atoms with Gasteiger partial charge < -0.3 is 10.0 Å². The van der Waals surface area contributed by atoms with Crippen LogP contribution in [0.25, 0.3) is 0 Å². The van der Waals surface area contributed by atoms with Gasteiger partial charge in [0.2, 0.25) is 0 Å². The number of hydrogen-bond donors (Lipinski definition) is 1. The predicted molar refractivity (Wildman–Crippen MR) is 101 cm³/mol. The van der Waals surface area contributed by atoms with E-state index < -0.39 is 5.97 Å². The highest BCUT2D eigenvalue weighted by molar-refractivity contribution is 5.96. The molecular formula is C21H31NO3. The Morgan fingerprint density at radius 2 is 1.72 bits per heavy atom. The van der Waals surface area contributed by atoms with Crippen LogP contribution in [0.3, 0.4) is 0 Å². The molecule has 1 N–H and O–H groups in total. The summed E-state index contributed by atoms with van der Waals surface area (Å²) in [6, 6.07) is 8.03. The minimum absolute atomic E-state index is 0.190. The van der Waals surface area contributed by atoms with Gasteiger partial charge in [0.05, 0.1) is 5.92 Å². The van der Waals surface area contributed by atoms with Gasteiger partial charge in [-0.1, -0.05) is 19.8 Å². The number of carbonyl (C=O) groups excluding carboxylic acids is 1. The molecule has 4 heteroatoms. The van der Waals surface area contributed by atoms with Crippen LogP contribution < -0.4 is 4.90 Å². The Balaban J connectivity index is 1.71. The molecule has 1 saturated heterocycles. The van der Waals surface area contributed by atoms with E-state index in [1.165, 1.54) is 24.9 Å². The number of unbranched alkanes of at least 4 members (excludes halogenated alkanes) is 2. The maximum absolute atomic E-state index is 12.3. The molecule has 1 fully saturated rings. The summed E-state index contributed by atoms with van der Waals surface area (Å²) < 4.78 is 0. The average Bonchev–Trinajstić information content (AvgIpc) is 2.65. The smallest absolute Gasteiger partial charge is 0.306 e. The molecule has 0 saturated carbocycles. The number of nitrogens with zero attached hydrogens (tertiary/aromatic N) is 1. The Morgan fingerprint density at radius 3 is 2.32 bits per heavy atom. The quantitative estimate of drug-likeness (QED) is 0.483. The lowest BCUT2D eigenvalue weighted by Crippen LogP contribution is -2.29. The number of rotatable bonds is 10. The van der Waals surface area contributed by atoms with Crippen LogP contribution in [0.15, 0.2) is 24.3 Å². The van der Waals surface area contributed by atoms with Crippen molar-refractivity contribution in [1.82, 2.24) is 0 Å². The molecule has 1 heterocycles. The second-order valence-corrected chi connectivity index (χ2v) is 7.06. The van der Waals surface area contributed by atoms with E-state index in [4.69, 9.17) is 5.11 Å². The van der Waals surface area contributed by atoms with E-state index in [0.29, 0.717) is 19.3 Å². The van der Waals surface area contributed by atoms with Crippen LogP contribution in [0.5, 0.6) is 0 Å². The summed E-state index contributed by atoms with van der Waals surface area (Å²) in [7, 11) is 0. The molecule has 25 heavy (non-hydrogen) atoms. The molecule has 1 aromatic rings. The van der Waals surface area contributed by atoms with Crippen molar-refractivity contribution in [2.75, 3.05) is 18.0 Å². The normalized spacial score (nSPS) is 15.8. The summed E-state index contributed by atoms with van der Waals surface area (Å²) in [5.41, 5.74) is 2.01. The zero-order valence-electron chi connectivity index (χ0n) is 15.4. The van der Waals surface area contributed by atoms with E-state index in [1.54, 1.807) is 0 Å². The lowest BCUT2D eigenvalue weighted by atomic mass is 9.97. The summed E-state index contributed by atoms with van der Waals surface area (Å²) >= 11 is 0. The van der Waals surface area contributed by atoms with Crippen molar-refractivity contribution in [3.8, 4) is 0 Å². The van der Waals surface area contributed by atoms with Gasteiger partial charge in [0, 0.05) is 30.8 Å². The van der Waals surface area contributed by atoms with Gasteiger partial charge >= 0.3 is 5.97 Å². The Hall–Kier alpha value is -1.84. The van der Waals surface area contributed by atoms with Crippen LogP contribution in [0.1, 0.15) is 75.1 Å². The molecule has 0 amide bonds. The molecule has 0 spiro atoms. The maximum Gasteiger partial charge on any atom is 0.306 e. The van der Waals surface area contributed by atoms with Crippen LogP contribution >= 0.6 is 0 Å². The zero-order valence-corrected chi connectivity index (χ0v) is 15.4. The predicted octanol–water partition coefficient (Wildman–Crippen LogP) is 4.92.